The number of nitrogens with one attached hydrogen (secondary N) is 2. The third-order valence-corrected chi connectivity index (χ3v) is 2.73. The molecule has 0 aromatic heterocycles. The number of carbonyl (C=O) groups is 2. The second-order valence-corrected chi connectivity index (χ2v) is 5.60. The van der Waals surface area contributed by atoms with Crippen LogP contribution in [0.5, 0.6) is 0 Å². The summed E-state index contributed by atoms with van der Waals surface area (Å²) in [5.74, 6) is 0.0212. The maximum Gasteiger partial charge on any atom is 0.242 e. The summed E-state index contributed by atoms with van der Waals surface area (Å²) in [6, 6.07) is -0.452. The molecule has 0 aliphatic heterocycles. The molecular weight excluding hydrogens is 204 g/mol. The smallest absolute Gasteiger partial charge is 0.242 e. The lowest BCUT2D eigenvalue weighted by Crippen LogP contribution is -2.52. The molecule has 4 nitrogen and oxygen atoms in total. The summed E-state index contributed by atoms with van der Waals surface area (Å²) in [7, 11) is 0. The van der Waals surface area contributed by atoms with Gasteiger partial charge in [0.25, 0.3) is 0 Å². The van der Waals surface area contributed by atoms with Crippen molar-refractivity contribution in [1.82, 2.24) is 10.6 Å². The van der Waals surface area contributed by atoms with Gasteiger partial charge in [0.1, 0.15) is 6.04 Å². The Balaban J connectivity index is 2.36. The van der Waals surface area contributed by atoms with Crippen LogP contribution in [0.2, 0.25) is 0 Å². The molecule has 0 unspecified atom stereocenters. The molecule has 0 aromatic carbocycles. The molecular formula is C12H22N2O2. The van der Waals surface area contributed by atoms with Crippen molar-refractivity contribution in [2.45, 2.75) is 58.5 Å². The summed E-state index contributed by atoms with van der Waals surface area (Å²) in [5.41, 5.74) is -0.257. The van der Waals surface area contributed by atoms with Gasteiger partial charge in [-0.3, -0.25) is 9.59 Å². The molecule has 2 amide bonds. The standard InChI is InChI=1S/C12H22N2O2/c1-8(10(15)14-12(2,3)4)13-11(16)9-6-5-7-9/h8-9H,5-7H2,1-4H3,(H,13,16)(H,14,15)/t8-/m0/s1. The molecule has 92 valence electrons. The highest BCUT2D eigenvalue weighted by Crippen LogP contribution is 2.26. The summed E-state index contributed by atoms with van der Waals surface area (Å²) in [6.45, 7) is 7.49. The van der Waals surface area contributed by atoms with Gasteiger partial charge in [0.15, 0.2) is 0 Å². The second-order valence-electron chi connectivity index (χ2n) is 5.60. The lowest BCUT2D eigenvalue weighted by atomic mass is 9.84. The second kappa shape index (κ2) is 4.85. The van der Waals surface area contributed by atoms with Gasteiger partial charge >= 0.3 is 0 Å². The zero-order valence-electron chi connectivity index (χ0n) is 10.6. The number of hydrogen-bond acceptors (Lipinski definition) is 2. The van der Waals surface area contributed by atoms with Gasteiger partial charge in [-0.25, -0.2) is 0 Å². The molecule has 1 fully saturated rings. The molecule has 1 saturated carbocycles. The SMILES string of the molecule is C[C@H](NC(=O)C1CCC1)C(=O)NC(C)(C)C. The quantitative estimate of drug-likeness (QED) is 0.760. The van der Waals surface area contributed by atoms with Gasteiger partial charge in [0.05, 0.1) is 0 Å². The fraction of sp³-hybridized carbons (Fsp3) is 0.833. The minimum atomic E-state index is -0.452. The molecule has 0 radical (unpaired) electrons. The Labute approximate surface area is 97.2 Å². The van der Waals surface area contributed by atoms with Gasteiger partial charge in [-0.05, 0) is 40.5 Å². The van der Waals surface area contributed by atoms with E-state index in [1.807, 2.05) is 20.8 Å². The van der Waals surface area contributed by atoms with E-state index in [-0.39, 0.29) is 23.3 Å². The topological polar surface area (TPSA) is 58.2 Å². The van der Waals surface area contributed by atoms with Crippen molar-refractivity contribution >= 4 is 11.8 Å². The Morgan fingerprint density at radius 3 is 2.19 bits per heavy atom. The Morgan fingerprint density at radius 2 is 1.81 bits per heavy atom. The average molecular weight is 226 g/mol. The van der Waals surface area contributed by atoms with Crippen LogP contribution in [0.25, 0.3) is 0 Å². The Morgan fingerprint density at radius 1 is 1.25 bits per heavy atom. The number of rotatable bonds is 3. The molecule has 1 atom stereocenters. The van der Waals surface area contributed by atoms with Gasteiger partial charge < -0.3 is 10.6 Å². The van der Waals surface area contributed by atoms with E-state index in [1.165, 1.54) is 0 Å². The van der Waals surface area contributed by atoms with Crippen LogP contribution in [0.3, 0.4) is 0 Å². The highest BCUT2D eigenvalue weighted by molar-refractivity contribution is 5.88. The monoisotopic (exact) mass is 226 g/mol. The van der Waals surface area contributed by atoms with E-state index in [4.69, 9.17) is 0 Å². The van der Waals surface area contributed by atoms with Gasteiger partial charge in [-0.2, -0.15) is 0 Å². The highest BCUT2D eigenvalue weighted by Gasteiger charge is 2.28. The zero-order valence-corrected chi connectivity index (χ0v) is 10.6. The maximum atomic E-state index is 11.7. The van der Waals surface area contributed by atoms with Crippen LogP contribution in [-0.2, 0) is 9.59 Å². The van der Waals surface area contributed by atoms with E-state index in [9.17, 15) is 9.59 Å². The summed E-state index contributed by atoms with van der Waals surface area (Å²) < 4.78 is 0. The number of carbonyl (C=O) groups excluding carboxylic acids is 2. The summed E-state index contributed by atoms with van der Waals surface area (Å²) >= 11 is 0. The van der Waals surface area contributed by atoms with Gasteiger partial charge in [0, 0.05) is 11.5 Å². The van der Waals surface area contributed by atoms with E-state index in [2.05, 4.69) is 10.6 Å². The summed E-state index contributed by atoms with van der Waals surface area (Å²) in [4.78, 5) is 23.3. The first kappa shape index (κ1) is 13.0. The van der Waals surface area contributed by atoms with E-state index in [0.29, 0.717) is 0 Å². The molecule has 1 rings (SSSR count). The van der Waals surface area contributed by atoms with Crippen LogP contribution < -0.4 is 10.6 Å². The fourth-order valence-electron chi connectivity index (χ4n) is 1.55. The van der Waals surface area contributed by atoms with Crippen LogP contribution in [0.4, 0.5) is 0 Å². The van der Waals surface area contributed by atoms with E-state index in [1.54, 1.807) is 6.92 Å². The average Bonchev–Trinajstić information content (AvgIpc) is 1.96. The molecule has 0 saturated heterocycles. The van der Waals surface area contributed by atoms with Crippen molar-refractivity contribution in [3.05, 3.63) is 0 Å². The fourth-order valence-corrected chi connectivity index (χ4v) is 1.55. The zero-order chi connectivity index (χ0) is 12.3. The van der Waals surface area contributed by atoms with Crippen molar-refractivity contribution < 1.29 is 9.59 Å². The molecule has 1 aliphatic rings. The first-order valence-corrected chi connectivity index (χ1v) is 5.92. The molecule has 0 bridgehead atoms. The van der Waals surface area contributed by atoms with Crippen molar-refractivity contribution in [3.63, 3.8) is 0 Å². The van der Waals surface area contributed by atoms with Gasteiger partial charge in [-0.15, -0.1) is 0 Å². The maximum absolute atomic E-state index is 11.7. The third kappa shape index (κ3) is 3.83. The lowest BCUT2D eigenvalue weighted by molar-refractivity contribution is -0.132. The molecule has 0 spiro atoms. The van der Waals surface area contributed by atoms with Crippen molar-refractivity contribution in [2.75, 3.05) is 0 Å². The predicted molar refractivity (Wildman–Crippen MR) is 62.8 cm³/mol. The first-order valence-electron chi connectivity index (χ1n) is 5.92. The largest absolute Gasteiger partial charge is 0.350 e. The van der Waals surface area contributed by atoms with Crippen molar-refractivity contribution in [2.24, 2.45) is 5.92 Å². The summed E-state index contributed by atoms with van der Waals surface area (Å²) in [5, 5.41) is 5.60. The van der Waals surface area contributed by atoms with E-state index >= 15 is 0 Å². The van der Waals surface area contributed by atoms with Crippen LogP contribution >= 0.6 is 0 Å². The van der Waals surface area contributed by atoms with Crippen molar-refractivity contribution in [1.29, 1.82) is 0 Å². The Kier molecular flexibility index (Phi) is 3.94. The highest BCUT2D eigenvalue weighted by atomic mass is 16.2. The van der Waals surface area contributed by atoms with E-state index < -0.39 is 6.04 Å². The molecule has 0 aromatic rings. The van der Waals surface area contributed by atoms with Crippen LogP contribution in [-0.4, -0.2) is 23.4 Å². The molecule has 4 heteroatoms. The first-order chi connectivity index (χ1) is 7.29. The lowest BCUT2D eigenvalue weighted by Gasteiger charge is -2.27. The van der Waals surface area contributed by atoms with E-state index in [0.717, 1.165) is 19.3 Å². The van der Waals surface area contributed by atoms with Crippen molar-refractivity contribution in [3.8, 4) is 0 Å². The molecule has 0 heterocycles. The van der Waals surface area contributed by atoms with Gasteiger partial charge in [0.2, 0.25) is 11.8 Å². The number of hydrogen-bond donors (Lipinski definition) is 2. The normalized spacial score (nSPS) is 18.5. The molecule has 1 aliphatic carbocycles. The van der Waals surface area contributed by atoms with Crippen LogP contribution in [0, 0.1) is 5.92 Å². The van der Waals surface area contributed by atoms with Gasteiger partial charge in [-0.1, -0.05) is 6.42 Å². The van der Waals surface area contributed by atoms with Crippen LogP contribution in [0.1, 0.15) is 47.0 Å². The minimum Gasteiger partial charge on any atom is -0.350 e. The predicted octanol–water partition coefficient (Wildman–Crippen LogP) is 1.21. The van der Waals surface area contributed by atoms with Crippen LogP contribution in [0.15, 0.2) is 0 Å². The molecule has 16 heavy (non-hydrogen) atoms. The number of amides is 2. The molecule has 2 N–H and O–H groups in total. The summed E-state index contributed by atoms with van der Waals surface area (Å²) in [6.07, 6.45) is 3.04. The Bertz CT molecular complexity index is 277. The Hall–Kier alpha value is -1.06. The third-order valence-electron chi connectivity index (χ3n) is 2.73. The minimum absolute atomic E-state index is 0.0165.